The summed E-state index contributed by atoms with van der Waals surface area (Å²) in [7, 11) is 0. The topological polar surface area (TPSA) is 64.7 Å². The number of benzene rings is 1. The van der Waals surface area contributed by atoms with Crippen LogP contribution in [0.4, 0.5) is 0 Å². The predicted octanol–water partition coefficient (Wildman–Crippen LogP) is 1.56. The molecule has 78 valence electrons. The Bertz CT molecular complexity index is 457. The van der Waals surface area contributed by atoms with Crippen LogP contribution in [0, 0.1) is 6.92 Å². The van der Waals surface area contributed by atoms with Crippen LogP contribution in [0.3, 0.4) is 0 Å². The second-order valence-electron chi connectivity index (χ2n) is 3.29. The van der Waals surface area contributed by atoms with Crippen LogP contribution in [0.1, 0.15) is 17.2 Å². The third kappa shape index (κ3) is 1.80. The molecular formula is C10H9ClN2O2. The van der Waals surface area contributed by atoms with Crippen molar-refractivity contribution in [1.82, 2.24) is 0 Å². The molecule has 0 fully saturated rings. The summed E-state index contributed by atoms with van der Waals surface area (Å²) in [5.41, 5.74) is 6.94. The molecule has 0 saturated carbocycles. The van der Waals surface area contributed by atoms with E-state index in [9.17, 15) is 4.79 Å². The highest BCUT2D eigenvalue weighted by Crippen LogP contribution is 2.27. The molecular weight excluding hydrogens is 216 g/mol. The number of carbonyl (C=O) groups is 1. The average Bonchev–Trinajstić information content (AvgIpc) is 2.45. The van der Waals surface area contributed by atoms with Crippen LogP contribution < -0.4 is 5.73 Å². The van der Waals surface area contributed by atoms with Gasteiger partial charge >= 0.3 is 0 Å². The van der Waals surface area contributed by atoms with Crippen molar-refractivity contribution in [3.05, 3.63) is 34.3 Å². The van der Waals surface area contributed by atoms with E-state index >= 15 is 0 Å². The first-order chi connectivity index (χ1) is 7.08. The van der Waals surface area contributed by atoms with Crippen molar-refractivity contribution in [1.29, 1.82) is 0 Å². The van der Waals surface area contributed by atoms with Crippen LogP contribution >= 0.6 is 11.6 Å². The highest BCUT2D eigenvalue weighted by Gasteiger charge is 2.30. The molecule has 1 aromatic rings. The highest BCUT2D eigenvalue weighted by molar-refractivity contribution is 6.30. The summed E-state index contributed by atoms with van der Waals surface area (Å²) < 4.78 is 5.12. The van der Waals surface area contributed by atoms with Crippen molar-refractivity contribution in [3.8, 4) is 0 Å². The second kappa shape index (κ2) is 3.55. The molecule has 0 aromatic heterocycles. The number of nitrogens with zero attached hydrogens (tertiary/aromatic N) is 1. The third-order valence-electron chi connectivity index (χ3n) is 2.20. The number of aryl methyl sites for hydroxylation is 1. The van der Waals surface area contributed by atoms with Gasteiger partial charge in [0.1, 0.15) is 0 Å². The highest BCUT2D eigenvalue weighted by atomic mass is 35.5. The molecule has 2 N–H and O–H groups in total. The van der Waals surface area contributed by atoms with E-state index in [0.717, 1.165) is 11.1 Å². The first-order valence-electron chi connectivity index (χ1n) is 4.38. The van der Waals surface area contributed by atoms with Crippen LogP contribution in [-0.2, 0) is 9.53 Å². The molecule has 0 spiro atoms. The van der Waals surface area contributed by atoms with Crippen molar-refractivity contribution in [3.63, 3.8) is 0 Å². The van der Waals surface area contributed by atoms with E-state index in [1.165, 1.54) is 0 Å². The van der Waals surface area contributed by atoms with E-state index in [2.05, 4.69) is 4.99 Å². The summed E-state index contributed by atoms with van der Waals surface area (Å²) in [6.07, 6.45) is -0.720. The van der Waals surface area contributed by atoms with Crippen LogP contribution in [0.15, 0.2) is 23.2 Å². The van der Waals surface area contributed by atoms with E-state index in [0.29, 0.717) is 5.02 Å². The molecule has 0 bridgehead atoms. The molecule has 0 saturated heterocycles. The number of hydrogen-bond acceptors (Lipinski definition) is 3. The Morgan fingerprint density at radius 1 is 1.53 bits per heavy atom. The maximum Gasteiger partial charge on any atom is 0.296 e. The summed E-state index contributed by atoms with van der Waals surface area (Å²) in [4.78, 5) is 14.9. The number of amidine groups is 1. The number of halogens is 1. The maximum absolute atomic E-state index is 11.4. The minimum Gasteiger partial charge on any atom is -0.447 e. The number of rotatable bonds is 1. The molecule has 0 radical (unpaired) electrons. The number of nitrogens with two attached hydrogens (primary N) is 1. The molecule has 0 aliphatic carbocycles. The molecule has 5 heteroatoms. The standard InChI is InChI=1S/C10H9ClN2O2/c1-5-4-6(11)2-3-7(5)8-9(14)13-10(12)15-8/h2-4,8H,1H3,(H2,12,13,14). The van der Waals surface area contributed by atoms with Gasteiger partial charge in [-0.25, -0.2) is 0 Å². The Morgan fingerprint density at radius 2 is 2.27 bits per heavy atom. The Balaban J connectivity index is 2.36. The van der Waals surface area contributed by atoms with E-state index in [-0.39, 0.29) is 11.9 Å². The first kappa shape index (κ1) is 9.98. The number of ether oxygens (including phenoxy) is 1. The Labute approximate surface area is 91.7 Å². The average molecular weight is 225 g/mol. The van der Waals surface area contributed by atoms with E-state index < -0.39 is 6.10 Å². The predicted molar refractivity (Wildman–Crippen MR) is 56.6 cm³/mol. The van der Waals surface area contributed by atoms with E-state index in [1.54, 1.807) is 18.2 Å². The Kier molecular flexibility index (Phi) is 2.36. The van der Waals surface area contributed by atoms with Crippen molar-refractivity contribution < 1.29 is 9.53 Å². The van der Waals surface area contributed by atoms with Gasteiger partial charge in [0.25, 0.3) is 11.9 Å². The summed E-state index contributed by atoms with van der Waals surface area (Å²) in [6, 6.07) is 5.13. The molecule has 1 unspecified atom stereocenters. The number of aliphatic imine (C=N–C) groups is 1. The van der Waals surface area contributed by atoms with Gasteiger partial charge in [-0.15, -0.1) is 0 Å². The second-order valence-corrected chi connectivity index (χ2v) is 3.72. The smallest absolute Gasteiger partial charge is 0.296 e. The van der Waals surface area contributed by atoms with E-state index in [1.807, 2.05) is 6.92 Å². The van der Waals surface area contributed by atoms with Gasteiger partial charge in [-0.3, -0.25) is 4.79 Å². The van der Waals surface area contributed by atoms with Gasteiger partial charge in [0.15, 0.2) is 0 Å². The molecule has 1 heterocycles. The van der Waals surface area contributed by atoms with Gasteiger partial charge in [0.2, 0.25) is 6.10 Å². The first-order valence-corrected chi connectivity index (χ1v) is 4.76. The van der Waals surface area contributed by atoms with Gasteiger partial charge in [-0.05, 0) is 24.6 Å². The molecule has 15 heavy (non-hydrogen) atoms. The summed E-state index contributed by atoms with van der Waals surface area (Å²) in [5, 5.41) is 0.621. The summed E-state index contributed by atoms with van der Waals surface area (Å²) in [6.45, 7) is 1.85. The quantitative estimate of drug-likeness (QED) is 0.787. The summed E-state index contributed by atoms with van der Waals surface area (Å²) in [5.74, 6) is -0.377. The van der Waals surface area contributed by atoms with E-state index in [4.69, 9.17) is 22.1 Å². The Hall–Kier alpha value is -1.55. The van der Waals surface area contributed by atoms with Gasteiger partial charge < -0.3 is 10.5 Å². The maximum atomic E-state index is 11.4. The Morgan fingerprint density at radius 3 is 2.80 bits per heavy atom. The van der Waals surface area contributed by atoms with Crippen molar-refractivity contribution >= 4 is 23.5 Å². The van der Waals surface area contributed by atoms with Crippen molar-refractivity contribution in [2.75, 3.05) is 0 Å². The van der Waals surface area contributed by atoms with Crippen LogP contribution in [0.2, 0.25) is 5.02 Å². The largest absolute Gasteiger partial charge is 0.447 e. The molecule has 1 aliphatic rings. The zero-order valence-electron chi connectivity index (χ0n) is 8.03. The zero-order chi connectivity index (χ0) is 11.0. The number of hydrogen-bond donors (Lipinski definition) is 1. The van der Waals surface area contributed by atoms with Crippen molar-refractivity contribution in [2.45, 2.75) is 13.0 Å². The number of amides is 1. The molecule has 1 atom stereocenters. The summed E-state index contributed by atoms with van der Waals surface area (Å²) >= 11 is 5.81. The van der Waals surface area contributed by atoms with Gasteiger partial charge in [0.05, 0.1) is 0 Å². The minimum absolute atomic E-state index is 0.0839. The normalized spacial score (nSPS) is 20.0. The lowest BCUT2D eigenvalue weighted by molar-refractivity contribution is -0.122. The fourth-order valence-electron chi connectivity index (χ4n) is 1.49. The van der Waals surface area contributed by atoms with Crippen molar-refractivity contribution in [2.24, 2.45) is 10.7 Å². The van der Waals surface area contributed by atoms with Gasteiger partial charge in [-0.2, -0.15) is 4.99 Å². The molecule has 1 aliphatic heterocycles. The zero-order valence-corrected chi connectivity index (χ0v) is 8.78. The molecule has 1 aromatic carbocycles. The lowest BCUT2D eigenvalue weighted by Crippen LogP contribution is -2.14. The van der Waals surface area contributed by atoms with Gasteiger partial charge in [0, 0.05) is 10.6 Å². The third-order valence-corrected chi connectivity index (χ3v) is 2.43. The van der Waals surface area contributed by atoms with Gasteiger partial charge in [-0.1, -0.05) is 17.7 Å². The lowest BCUT2D eigenvalue weighted by Gasteiger charge is -2.11. The van der Waals surface area contributed by atoms with Crippen LogP contribution in [0.25, 0.3) is 0 Å². The molecule has 2 rings (SSSR count). The fourth-order valence-corrected chi connectivity index (χ4v) is 1.72. The SMILES string of the molecule is Cc1cc(Cl)ccc1C1OC(N)=NC1=O. The van der Waals surface area contributed by atoms with Crippen LogP contribution in [-0.4, -0.2) is 11.9 Å². The molecule has 1 amide bonds. The molecule has 4 nitrogen and oxygen atoms in total. The fraction of sp³-hybridized carbons (Fsp3) is 0.200. The monoisotopic (exact) mass is 224 g/mol. The lowest BCUT2D eigenvalue weighted by atomic mass is 10.0. The number of carbonyl (C=O) groups excluding carboxylic acids is 1. The van der Waals surface area contributed by atoms with Crippen LogP contribution in [0.5, 0.6) is 0 Å². The minimum atomic E-state index is -0.720.